The SMILES string of the molecule is C=CCCOCc1ccc(Cl)nc1. The van der Waals surface area contributed by atoms with Gasteiger partial charge in [0.25, 0.3) is 0 Å². The molecule has 0 unspecified atom stereocenters. The van der Waals surface area contributed by atoms with Gasteiger partial charge in [-0.3, -0.25) is 0 Å². The molecule has 1 aromatic rings. The monoisotopic (exact) mass is 197 g/mol. The fraction of sp³-hybridized carbons (Fsp3) is 0.300. The second kappa shape index (κ2) is 5.73. The first-order valence-corrected chi connectivity index (χ1v) is 4.50. The molecular weight excluding hydrogens is 186 g/mol. The fourth-order valence-electron chi connectivity index (χ4n) is 0.849. The Balaban J connectivity index is 2.28. The molecule has 0 aliphatic heterocycles. The van der Waals surface area contributed by atoms with Gasteiger partial charge in [-0.05, 0) is 18.1 Å². The van der Waals surface area contributed by atoms with Gasteiger partial charge in [0.05, 0.1) is 13.2 Å². The van der Waals surface area contributed by atoms with Gasteiger partial charge in [0, 0.05) is 6.20 Å². The van der Waals surface area contributed by atoms with E-state index >= 15 is 0 Å². The minimum absolute atomic E-state index is 0.509. The summed E-state index contributed by atoms with van der Waals surface area (Å²) in [6.07, 6.45) is 4.43. The van der Waals surface area contributed by atoms with Gasteiger partial charge in [-0.25, -0.2) is 4.98 Å². The predicted molar refractivity (Wildman–Crippen MR) is 53.7 cm³/mol. The van der Waals surface area contributed by atoms with Crippen molar-refractivity contribution in [3.63, 3.8) is 0 Å². The van der Waals surface area contributed by atoms with E-state index in [9.17, 15) is 0 Å². The zero-order chi connectivity index (χ0) is 9.52. The summed E-state index contributed by atoms with van der Waals surface area (Å²) in [4.78, 5) is 3.94. The Morgan fingerprint density at radius 2 is 2.38 bits per heavy atom. The van der Waals surface area contributed by atoms with Gasteiger partial charge in [-0.1, -0.05) is 23.7 Å². The summed E-state index contributed by atoms with van der Waals surface area (Å²) in [5, 5.41) is 0.509. The fourth-order valence-corrected chi connectivity index (χ4v) is 0.960. The Labute approximate surface area is 83.2 Å². The van der Waals surface area contributed by atoms with E-state index in [1.54, 1.807) is 12.3 Å². The topological polar surface area (TPSA) is 22.1 Å². The Morgan fingerprint density at radius 3 is 3.00 bits per heavy atom. The minimum atomic E-state index is 0.509. The van der Waals surface area contributed by atoms with Crippen LogP contribution in [0.2, 0.25) is 5.15 Å². The van der Waals surface area contributed by atoms with Gasteiger partial charge in [0.1, 0.15) is 5.15 Å². The second-order valence-corrected chi connectivity index (χ2v) is 3.01. The van der Waals surface area contributed by atoms with E-state index in [0.717, 1.165) is 12.0 Å². The molecule has 0 bridgehead atoms. The quantitative estimate of drug-likeness (QED) is 0.412. The van der Waals surface area contributed by atoms with Crippen molar-refractivity contribution >= 4 is 11.6 Å². The first-order valence-electron chi connectivity index (χ1n) is 4.12. The molecule has 3 heteroatoms. The maximum absolute atomic E-state index is 5.63. The highest BCUT2D eigenvalue weighted by atomic mass is 35.5. The standard InChI is InChI=1S/C10H12ClNO/c1-2-3-6-13-8-9-4-5-10(11)12-7-9/h2,4-5,7H,1,3,6,8H2. The number of hydrogen-bond acceptors (Lipinski definition) is 2. The van der Waals surface area contributed by atoms with Crippen LogP contribution in [0.15, 0.2) is 31.0 Å². The van der Waals surface area contributed by atoms with Gasteiger partial charge < -0.3 is 4.74 Å². The molecule has 0 saturated carbocycles. The van der Waals surface area contributed by atoms with Crippen LogP contribution >= 0.6 is 11.6 Å². The Kier molecular flexibility index (Phi) is 4.50. The molecule has 1 heterocycles. The highest BCUT2D eigenvalue weighted by molar-refractivity contribution is 6.29. The van der Waals surface area contributed by atoms with E-state index in [2.05, 4.69) is 11.6 Å². The van der Waals surface area contributed by atoms with Crippen molar-refractivity contribution in [1.29, 1.82) is 0 Å². The van der Waals surface area contributed by atoms with Crippen molar-refractivity contribution in [3.8, 4) is 0 Å². The number of nitrogens with zero attached hydrogens (tertiary/aromatic N) is 1. The molecule has 2 nitrogen and oxygen atoms in total. The second-order valence-electron chi connectivity index (χ2n) is 2.62. The summed E-state index contributed by atoms with van der Waals surface area (Å²) in [6, 6.07) is 3.66. The van der Waals surface area contributed by atoms with E-state index in [-0.39, 0.29) is 0 Å². The maximum Gasteiger partial charge on any atom is 0.129 e. The molecule has 13 heavy (non-hydrogen) atoms. The molecule has 0 amide bonds. The molecule has 0 aliphatic carbocycles. The average Bonchev–Trinajstić information content (AvgIpc) is 2.15. The molecular formula is C10H12ClNO. The third-order valence-electron chi connectivity index (χ3n) is 1.52. The van der Waals surface area contributed by atoms with Crippen LogP contribution in [0.3, 0.4) is 0 Å². The van der Waals surface area contributed by atoms with Gasteiger partial charge >= 0.3 is 0 Å². The molecule has 0 atom stereocenters. The third-order valence-corrected chi connectivity index (χ3v) is 1.75. The number of pyridine rings is 1. The molecule has 0 spiro atoms. The highest BCUT2D eigenvalue weighted by Crippen LogP contribution is 2.06. The van der Waals surface area contributed by atoms with Crippen molar-refractivity contribution in [2.75, 3.05) is 6.61 Å². The van der Waals surface area contributed by atoms with E-state index in [1.165, 1.54) is 0 Å². The molecule has 1 aromatic heterocycles. The normalized spacial score (nSPS) is 9.92. The molecule has 0 fully saturated rings. The van der Waals surface area contributed by atoms with Crippen molar-refractivity contribution in [1.82, 2.24) is 4.98 Å². The first kappa shape index (κ1) is 10.2. The van der Waals surface area contributed by atoms with Crippen molar-refractivity contribution in [3.05, 3.63) is 41.7 Å². The van der Waals surface area contributed by atoms with Crippen LogP contribution in [0.1, 0.15) is 12.0 Å². The number of rotatable bonds is 5. The molecule has 70 valence electrons. The number of hydrogen-bond donors (Lipinski definition) is 0. The lowest BCUT2D eigenvalue weighted by Gasteiger charge is -2.01. The summed E-state index contributed by atoms with van der Waals surface area (Å²) < 4.78 is 5.35. The lowest BCUT2D eigenvalue weighted by atomic mass is 10.3. The Morgan fingerprint density at radius 1 is 1.54 bits per heavy atom. The van der Waals surface area contributed by atoms with Gasteiger partial charge in [0.2, 0.25) is 0 Å². The highest BCUT2D eigenvalue weighted by Gasteiger charge is 1.93. The summed E-state index contributed by atoms with van der Waals surface area (Å²) in [5.74, 6) is 0. The smallest absolute Gasteiger partial charge is 0.129 e. The molecule has 0 radical (unpaired) electrons. The van der Waals surface area contributed by atoms with Crippen LogP contribution in [0.25, 0.3) is 0 Å². The predicted octanol–water partition coefficient (Wildman–Crippen LogP) is 2.83. The lowest BCUT2D eigenvalue weighted by Crippen LogP contribution is -1.94. The summed E-state index contributed by atoms with van der Waals surface area (Å²) >= 11 is 5.63. The lowest BCUT2D eigenvalue weighted by molar-refractivity contribution is 0.125. The summed E-state index contributed by atoms with van der Waals surface area (Å²) in [6.45, 7) is 4.89. The van der Waals surface area contributed by atoms with Crippen LogP contribution in [0, 0.1) is 0 Å². The van der Waals surface area contributed by atoms with E-state index in [0.29, 0.717) is 18.4 Å². The van der Waals surface area contributed by atoms with Crippen LogP contribution in [0.4, 0.5) is 0 Å². The molecule has 0 aliphatic rings. The van der Waals surface area contributed by atoms with Gasteiger partial charge in [0.15, 0.2) is 0 Å². The van der Waals surface area contributed by atoms with Crippen LogP contribution in [-0.4, -0.2) is 11.6 Å². The Bertz CT molecular complexity index is 258. The third kappa shape index (κ3) is 4.06. The van der Waals surface area contributed by atoms with Crippen LogP contribution < -0.4 is 0 Å². The van der Waals surface area contributed by atoms with Gasteiger partial charge in [-0.15, -0.1) is 6.58 Å². The Hall–Kier alpha value is -0.860. The molecule has 0 aromatic carbocycles. The zero-order valence-corrected chi connectivity index (χ0v) is 8.13. The van der Waals surface area contributed by atoms with Crippen molar-refractivity contribution < 1.29 is 4.74 Å². The van der Waals surface area contributed by atoms with Crippen molar-refractivity contribution in [2.24, 2.45) is 0 Å². The van der Waals surface area contributed by atoms with E-state index in [1.807, 2.05) is 12.1 Å². The summed E-state index contributed by atoms with van der Waals surface area (Å²) in [7, 11) is 0. The minimum Gasteiger partial charge on any atom is -0.376 e. The molecule has 1 rings (SSSR count). The van der Waals surface area contributed by atoms with Crippen LogP contribution in [0.5, 0.6) is 0 Å². The van der Waals surface area contributed by atoms with E-state index in [4.69, 9.17) is 16.3 Å². The maximum atomic E-state index is 5.63. The van der Waals surface area contributed by atoms with Gasteiger partial charge in [-0.2, -0.15) is 0 Å². The zero-order valence-electron chi connectivity index (χ0n) is 7.37. The first-order chi connectivity index (χ1) is 6.33. The largest absolute Gasteiger partial charge is 0.376 e. The van der Waals surface area contributed by atoms with Crippen LogP contribution in [-0.2, 0) is 11.3 Å². The number of halogens is 1. The number of aromatic nitrogens is 1. The average molecular weight is 198 g/mol. The number of ether oxygens (including phenoxy) is 1. The molecule has 0 N–H and O–H groups in total. The molecule has 0 saturated heterocycles. The van der Waals surface area contributed by atoms with Crippen molar-refractivity contribution in [2.45, 2.75) is 13.0 Å². The van der Waals surface area contributed by atoms with E-state index < -0.39 is 0 Å². The summed E-state index contributed by atoms with van der Waals surface area (Å²) in [5.41, 5.74) is 1.04.